The Kier molecular flexibility index (Phi) is 22.4. The van der Waals surface area contributed by atoms with E-state index in [2.05, 4.69) is 51.8 Å². The van der Waals surface area contributed by atoms with Gasteiger partial charge in [-0.2, -0.15) is 0 Å². The van der Waals surface area contributed by atoms with E-state index >= 15 is 0 Å². The third kappa shape index (κ3) is 14.5. The number of rotatable bonds is 26. The number of likely N-dealkylation sites (N-methyl/N-ethyl adjacent to an activating group) is 3. The van der Waals surface area contributed by atoms with Gasteiger partial charge < -0.3 is 29.5 Å². The van der Waals surface area contributed by atoms with Crippen LogP contribution in [0.4, 0.5) is 0 Å². The average molecular weight is 780 g/mol. The van der Waals surface area contributed by atoms with Gasteiger partial charge in [0.05, 0.1) is 36.8 Å². The van der Waals surface area contributed by atoms with E-state index in [4.69, 9.17) is 9.47 Å². The number of nitrogens with one attached hydrogen (secondary N) is 1. The fraction of sp³-hybridized carbons (Fsp3) is 0.884. The van der Waals surface area contributed by atoms with Crippen LogP contribution in [0.15, 0.2) is 0 Å². The summed E-state index contributed by atoms with van der Waals surface area (Å²) in [7, 11) is 10.8. The third-order valence-electron chi connectivity index (χ3n) is 12.3. The highest BCUT2D eigenvalue weighted by atomic mass is 16.5. The largest absolute Gasteiger partial charge is 0.379 e. The first kappa shape index (κ1) is 50.6. The lowest BCUT2D eigenvalue weighted by molar-refractivity contribution is -0.149. The number of likely N-dealkylation sites (tertiary alicyclic amines) is 1. The van der Waals surface area contributed by atoms with Gasteiger partial charge in [-0.05, 0) is 72.0 Å². The van der Waals surface area contributed by atoms with Crippen molar-refractivity contribution in [1.82, 2.24) is 24.9 Å². The molecule has 1 fully saturated rings. The van der Waals surface area contributed by atoms with Crippen molar-refractivity contribution >= 4 is 29.3 Å². The molecule has 1 N–H and O–H groups in total. The van der Waals surface area contributed by atoms with Gasteiger partial charge in [0.1, 0.15) is 5.78 Å². The topological polar surface area (TPSA) is 129 Å². The number of ketones is 2. The van der Waals surface area contributed by atoms with Crippen molar-refractivity contribution in [3.63, 3.8) is 0 Å². The van der Waals surface area contributed by atoms with E-state index in [1.54, 1.807) is 26.2 Å². The lowest BCUT2D eigenvalue weighted by Gasteiger charge is -2.41. The normalized spacial score (nSPS) is 19.4. The molecule has 1 rings (SSSR count). The molecule has 9 atom stereocenters. The fourth-order valence-electron chi connectivity index (χ4n) is 8.34. The van der Waals surface area contributed by atoms with Crippen LogP contribution in [0.2, 0.25) is 0 Å². The Morgan fingerprint density at radius 1 is 0.800 bits per heavy atom. The molecule has 0 aliphatic carbocycles. The molecule has 0 bridgehead atoms. The molecule has 12 nitrogen and oxygen atoms in total. The molecular weight excluding hydrogens is 699 g/mol. The molecular formula is C43H81N5O7. The van der Waals surface area contributed by atoms with Crippen LogP contribution in [0.5, 0.6) is 0 Å². The summed E-state index contributed by atoms with van der Waals surface area (Å²) in [6.45, 7) is 21.9. The zero-order valence-corrected chi connectivity index (χ0v) is 37.6. The molecule has 0 saturated carbocycles. The van der Waals surface area contributed by atoms with Gasteiger partial charge in [-0.15, -0.1) is 0 Å². The highest BCUT2D eigenvalue weighted by Crippen LogP contribution is 2.32. The second kappa shape index (κ2) is 24.4. The van der Waals surface area contributed by atoms with E-state index < -0.39 is 36.0 Å². The van der Waals surface area contributed by atoms with Gasteiger partial charge in [0.15, 0.2) is 5.78 Å². The van der Waals surface area contributed by atoms with Crippen LogP contribution in [-0.2, 0) is 33.4 Å². The van der Waals surface area contributed by atoms with E-state index in [0.717, 1.165) is 12.8 Å². The maximum absolute atomic E-state index is 14.4. The van der Waals surface area contributed by atoms with Gasteiger partial charge in [-0.3, -0.25) is 28.9 Å². The number of ether oxygens (including phenoxy) is 2. The van der Waals surface area contributed by atoms with Crippen molar-refractivity contribution in [2.75, 3.05) is 62.0 Å². The first-order valence-electron chi connectivity index (χ1n) is 21.0. The summed E-state index contributed by atoms with van der Waals surface area (Å²) < 4.78 is 12.0. The van der Waals surface area contributed by atoms with Gasteiger partial charge in [0.2, 0.25) is 17.7 Å². The van der Waals surface area contributed by atoms with Crippen LogP contribution in [0, 0.1) is 35.5 Å². The van der Waals surface area contributed by atoms with E-state index in [-0.39, 0.29) is 84.4 Å². The van der Waals surface area contributed by atoms with E-state index in [9.17, 15) is 24.0 Å². The number of amides is 3. The van der Waals surface area contributed by atoms with Gasteiger partial charge in [-0.25, -0.2) is 0 Å². The lowest BCUT2D eigenvalue weighted by Crippen LogP contribution is -2.54. The van der Waals surface area contributed by atoms with Gasteiger partial charge in [0, 0.05) is 77.5 Å². The van der Waals surface area contributed by atoms with Crippen LogP contribution >= 0.6 is 0 Å². The van der Waals surface area contributed by atoms with Crippen LogP contribution in [-0.4, -0.2) is 147 Å². The molecule has 0 unspecified atom stereocenters. The Morgan fingerprint density at radius 3 is 1.89 bits per heavy atom. The zero-order chi connectivity index (χ0) is 42.3. The SMILES string of the molecule is CC[C@H](CC(=O)[C@H](C)[C@@H](OC)[C@@H]1CCCN1C(=O)C[C@@H](OC)[C@H]([C@@H](C)CC)N(C)C(=O)[C@@H](CC(=O)[C@H](C(C)C)N(C)C(C)C)C(C)C)C(=O)NCCN(C)C. The van der Waals surface area contributed by atoms with Gasteiger partial charge in [0.25, 0.3) is 0 Å². The number of nitrogens with zero attached hydrogens (tertiary/aromatic N) is 4. The molecule has 3 amide bonds. The van der Waals surface area contributed by atoms with E-state index in [1.807, 2.05) is 58.6 Å². The van der Waals surface area contributed by atoms with Crippen molar-refractivity contribution in [1.29, 1.82) is 0 Å². The molecule has 0 aromatic carbocycles. The smallest absolute Gasteiger partial charge is 0.226 e. The Bertz CT molecular complexity index is 1210. The highest BCUT2D eigenvalue weighted by molar-refractivity contribution is 5.90. The van der Waals surface area contributed by atoms with Crippen molar-refractivity contribution in [2.45, 2.75) is 151 Å². The van der Waals surface area contributed by atoms with Crippen LogP contribution in [0.3, 0.4) is 0 Å². The van der Waals surface area contributed by atoms with Crippen molar-refractivity contribution in [2.24, 2.45) is 35.5 Å². The number of hydrogen-bond acceptors (Lipinski definition) is 9. The minimum absolute atomic E-state index is 0.0102. The van der Waals surface area contributed by atoms with E-state index in [0.29, 0.717) is 32.5 Å². The summed E-state index contributed by atoms with van der Waals surface area (Å²) in [6.07, 6.45) is 1.99. The summed E-state index contributed by atoms with van der Waals surface area (Å²) in [5, 5.41) is 2.95. The predicted molar refractivity (Wildman–Crippen MR) is 221 cm³/mol. The number of hydrogen-bond donors (Lipinski definition) is 1. The lowest BCUT2D eigenvalue weighted by atomic mass is 9.83. The molecule has 1 aliphatic heterocycles. The van der Waals surface area contributed by atoms with Gasteiger partial charge >= 0.3 is 0 Å². The number of methoxy groups -OCH3 is 2. The summed E-state index contributed by atoms with van der Waals surface area (Å²) in [4.78, 5) is 76.7. The minimum Gasteiger partial charge on any atom is -0.379 e. The molecule has 0 radical (unpaired) electrons. The molecule has 1 heterocycles. The molecule has 0 spiro atoms. The summed E-state index contributed by atoms with van der Waals surface area (Å²) >= 11 is 0. The van der Waals surface area contributed by atoms with Crippen molar-refractivity contribution in [3.8, 4) is 0 Å². The van der Waals surface area contributed by atoms with Crippen LogP contribution < -0.4 is 5.32 Å². The number of carbonyl (C=O) groups is 5. The highest BCUT2D eigenvalue weighted by Gasteiger charge is 2.43. The Balaban J connectivity index is 3.25. The second-order valence-corrected chi connectivity index (χ2v) is 17.4. The Labute approximate surface area is 335 Å². The summed E-state index contributed by atoms with van der Waals surface area (Å²) in [5.41, 5.74) is 0. The molecule has 55 heavy (non-hydrogen) atoms. The first-order chi connectivity index (χ1) is 25.7. The molecule has 0 aromatic rings. The number of carbonyl (C=O) groups excluding carboxylic acids is 5. The maximum Gasteiger partial charge on any atom is 0.226 e. The Morgan fingerprint density at radius 2 is 1.42 bits per heavy atom. The van der Waals surface area contributed by atoms with Gasteiger partial charge in [-0.1, -0.05) is 61.8 Å². The van der Waals surface area contributed by atoms with Crippen molar-refractivity contribution < 1.29 is 33.4 Å². The standard InChI is InChI=1S/C43H81N5O7/c1-17-30(9)40(47(14)43(53)33(27(3)4)25-36(50)39(28(5)6)46(13)29(7)8)37(54-15)26-38(51)48-22-19-20-34(48)41(55-16)31(10)35(49)24-32(18-2)42(52)44-21-23-45(11)12/h27-34,37,39-41H,17-26H2,1-16H3,(H,44,52)/t30-,31-,32+,33-,34-,37+,39-,40-,41+/m0/s1. The third-order valence-corrected chi connectivity index (χ3v) is 12.3. The first-order valence-corrected chi connectivity index (χ1v) is 21.0. The second-order valence-electron chi connectivity index (χ2n) is 17.4. The summed E-state index contributed by atoms with van der Waals surface area (Å²) in [5.74, 6) is -1.74. The maximum atomic E-state index is 14.4. The summed E-state index contributed by atoms with van der Waals surface area (Å²) in [6, 6.07) is -0.818. The van der Waals surface area contributed by atoms with Crippen molar-refractivity contribution in [3.05, 3.63) is 0 Å². The van der Waals surface area contributed by atoms with E-state index in [1.165, 1.54) is 0 Å². The monoisotopic (exact) mass is 780 g/mol. The molecule has 320 valence electrons. The number of Topliss-reactive ketones (excluding diaryl/α,β-unsaturated/α-hetero) is 2. The average Bonchev–Trinajstić information content (AvgIpc) is 3.61. The molecule has 12 heteroatoms. The predicted octanol–water partition coefficient (Wildman–Crippen LogP) is 5.17. The Hall–Kier alpha value is -2.41. The fourth-order valence-corrected chi connectivity index (χ4v) is 8.34. The zero-order valence-electron chi connectivity index (χ0n) is 37.6. The quantitative estimate of drug-likeness (QED) is 0.127. The molecule has 0 aromatic heterocycles. The molecule has 1 saturated heterocycles. The van der Waals surface area contributed by atoms with Crippen LogP contribution in [0.1, 0.15) is 114 Å². The van der Waals surface area contributed by atoms with Crippen LogP contribution in [0.25, 0.3) is 0 Å². The molecule has 1 aliphatic rings. The minimum atomic E-state index is -0.590.